The zero-order valence-corrected chi connectivity index (χ0v) is 8.98. The number of aliphatic hydroxyl groups excluding tert-OH is 1. The van der Waals surface area contributed by atoms with E-state index in [-0.39, 0.29) is 36.0 Å². The van der Waals surface area contributed by atoms with Gasteiger partial charge in [0.05, 0.1) is 12.1 Å². The molecule has 0 aliphatic carbocycles. The van der Waals surface area contributed by atoms with Gasteiger partial charge in [-0.25, -0.2) is 0 Å². The standard InChI is InChI=1S/C5H10O3S.Na/c1-9-3-2-4(6)5(7)8;/h4,6H,2-3H2,1H3,(H,7,8);/q;+1/p-1/t4-;/m0./s1. The Labute approximate surface area is 86.5 Å². The van der Waals surface area contributed by atoms with Crippen LogP contribution in [0.2, 0.25) is 0 Å². The fourth-order valence-electron chi connectivity index (χ4n) is 0.347. The third-order valence-corrected chi connectivity index (χ3v) is 1.51. The van der Waals surface area contributed by atoms with Gasteiger partial charge < -0.3 is 15.0 Å². The van der Waals surface area contributed by atoms with Crippen LogP contribution in [0.15, 0.2) is 0 Å². The van der Waals surface area contributed by atoms with Gasteiger partial charge in [-0.05, 0) is 18.4 Å². The molecule has 0 fully saturated rings. The van der Waals surface area contributed by atoms with Crippen molar-refractivity contribution in [3.63, 3.8) is 0 Å². The summed E-state index contributed by atoms with van der Waals surface area (Å²) < 4.78 is 0. The summed E-state index contributed by atoms with van der Waals surface area (Å²) in [6, 6.07) is 0. The van der Waals surface area contributed by atoms with Gasteiger partial charge in [0, 0.05) is 0 Å². The van der Waals surface area contributed by atoms with E-state index in [1.165, 1.54) is 11.8 Å². The van der Waals surface area contributed by atoms with E-state index in [2.05, 4.69) is 0 Å². The Morgan fingerprint density at radius 2 is 2.30 bits per heavy atom. The summed E-state index contributed by atoms with van der Waals surface area (Å²) in [7, 11) is 0. The number of carbonyl (C=O) groups excluding carboxylic acids is 1. The van der Waals surface area contributed by atoms with Crippen LogP contribution < -0.4 is 34.7 Å². The molecule has 1 N–H and O–H groups in total. The SMILES string of the molecule is CSCC[C@H](O)C(=O)[O-].[Na+]. The number of carbonyl (C=O) groups is 1. The van der Waals surface area contributed by atoms with E-state index < -0.39 is 12.1 Å². The molecule has 0 aromatic carbocycles. The van der Waals surface area contributed by atoms with Crippen molar-refractivity contribution in [2.75, 3.05) is 12.0 Å². The first-order valence-corrected chi connectivity index (χ1v) is 3.95. The Morgan fingerprint density at radius 1 is 1.80 bits per heavy atom. The summed E-state index contributed by atoms with van der Waals surface area (Å²) in [4.78, 5) is 9.83. The van der Waals surface area contributed by atoms with E-state index >= 15 is 0 Å². The molecule has 5 heteroatoms. The van der Waals surface area contributed by atoms with Crippen molar-refractivity contribution in [3.05, 3.63) is 0 Å². The van der Waals surface area contributed by atoms with Gasteiger partial charge >= 0.3 is 29.6 Å². The van der Waals surface area contributed by atoms with Gasteiger partial charge in [-0.1, -0.05) is 0 Å². The third kappa shape index (κ3) is 6.89. The van der Waals surface area contributed by atoms with Gasteiger partial charge in [0.2, 0.25) is 0 Å². The maximum Gasteiger partial charge on any atom is 1.00 e. The van der Waals surface area contributed by atoms with Gasteiger partial charge in [0.1, 0.15) is 0 Å². The summed E-state index contributed by atoms with van der Waals surface area (Å²) >= 11 is 1.50. The minimum absolute atomic E-state index is 0. The van der Waals surface area contributed by atoms with Crippen molar-refractivity contribution < 1.29 is 44.6 Å². The number of thioether (sulfide) groups is 1. The minimum atomic E-state index is -1.39. The van der Waals surface area contributed by atoms with Gasteiger partial charge in [-0.15, -0.1) is 0 Å². The molecule has 0 aromatic heterocycles. The van der Waals surface area contributed by atoms with E-state index in [0.717, 1.165) is 0 Å². The van der Waals surface area contributed by atoms with Gasteiger partial charge in [-0.3, -0.25) is 0 Å². The molecule has 0 bridgehead atoms. The van der Waals surface area contributed by atoms with E-state index in [9.17, 15) is 9.90 Å². The summed E-state index contributed by atoms with van der Waals surface area (Å²) in [5, 5.41) is 18.4. The average molecular weight is 172 g/mol. The number of carboxylic acids is 1. The summed E-state index contributed by atoms with van der Waals surface area (Å²) in [6.45, 7) is 0. The molecule has 0 unspecified atom stereocenters. The molecule has 0 radical (unpaired) electrons. The molecule has 0 aliphatic rings. The van der Waals surface area contributed by atoms with E-state index in [0.29, 0.717) is 5.75 Å². The van der Waals surface area contributed by atoms with Gasteiger partial charge in [0.15, 0.2) is 0 Å². The number of rotatable bonds is 4. The predicted molar refractivity (Wildman–Crippen MR) is 34.0 cm³/mol. The van der Waals surface area contributed by atoms with Crippen LogP contribution in [0.25, 0.3) is 0 Å². The first-order chi connectivity index (χ1) is 4.18. The molecule has 0 aliphatic heterocycles. The zero-order valence-electron chi connectivity index (χ0n) is 6.16. The summed E-state index contributed by atoms with van der Waals surface area (Å²) in [5.74, 6) is -0.737. The van der Waals surface area contributed by atoms with Gasteiger partial charge in [0.25, 0.3) is 0 Å². The molecule has 54 valence electrons. The molecule has 0 saturated heterocycles. The maximum absolute atomic E-state index is 9.83. The quantitative estimate of drug-likeness (QED) is 0.437. The fraction of sp³-hybridized carbons (Fsp3) is 0.800. The smallest absolute Gasteiger partial charge is 0.547 e. The van der Waals surface area contributed by atoms with Crippen LogP contribution in [0, 0.1) is 0 Å². The monoisotopic (exact) mass is 172 g/mol. The predicted octanol–water partition coefficient (Wildman–Crippen LogP) is -4.15. The molecule has 0 heterocycles. The topological polar surface area (TPSA) is 60.4 Å². The largest absolute Gasteiger partial charge is 1.00 e. The van der Waals surface area contributed by atoms with Crippen LogP contribution >= 0.6 is 11.8 Å². The molecule has 0 saturated carbocycles. The number of carboxylic acid groups (broad SMARTS) is 1. The first-order valence-electron chi connectivity index (χ1n) is 2.56. The zero-order chi connectivity index (χ0) is 7.28. The second-order valence-electron chi connectivity index (χ2n) is 1.62. The second-order valence-corrected chi connectivity index (χ2v) is 2.60. The molecule has 3 nitrogen and oxygen atoms in total. The molecule has 10 heavy (non-hydrogen) atoms. The molecule has 0 aromatic rings. The van der Waals surface area contributed by atoms with Crippen LogP contribution in [0.4, 0.5) is 0 Å². The van der Waals surface area contributed by atoms with Crippen molar-refractivity contribution in [3.8, 4) is 0 Å². The Hall–Kier alpha value is 0.780. The molecular formula is C5H9NaO3S. The van der Waals surface area contributed by atoms with E-state index in [1.807, 2.05) is 6.26 Å². The van der Waals surface area contributed by atoms with Crippen molar-refractivity contribution in [2.45, 2.75) is 12.5 Å². The molecule has 0 spiro atoms. The first kappa shape index (κ1) is 13.4. The van der Waals surface area contributed by atoms with Gasteiger partial charge in [-0.2, -0.15) is 11.8 Å². The second kappa shape index (κ2) is 7.88. The molecular weight excluding hydrogens is 163 g/mol. The minimum Gasteiger partial charge on any atom is -0.547 e. The maximum atomic E-state index is 9.83. The Kier molecular flexibility index (Phi) is 10.5. The number of hydrogen-bond acceptors (Lipinski definition) is 4. The van der Waals surface area contributed by atoms with E-state index in [4.69, 9.17) is 5.11 Å². The van der Waals surface area contributed by atoms with Crippen molar-refractivity contribution in [1.29, 1.82) is 0 Å². The number of aliphatic carboxylic acids is 1. The number of aliphatic hydroxyl groups is 1. The van der Waals surface area contributed by atoms with E-state index in [1.54, 1.807) is 0 Å². The molecule has 0 amide bonds. The Balaban J connectivity index is 0. The van der Waals surface area contributed by atoms with Crippen LogP contribution in [0.1, 0.15) is 6.42 Å². The number of hydrogen-bond donors (Lipinski definition) is 1. The fourth-order valence-corrected chi connectivity index (χ4v) is 0.806. The Morgan fingerprint density at radius 3 is 2.60 bits per heavy atom. The molecule has 0 rings (SSSR count). The van der Waals surface area contributed by atoms with Crippen LogP contribution in [0.5, 0.6) is 0 Å². The van der Waals surface area contributed by atoms with Crippen LogP contribution in [0.3, 0.4) is 0 Å². The third-order valence-electron chi connectivity index (χ3n) is 0.867. The molecule has 1 atom stereocenters. The Bertz CT molecular complexity index is 98.9. The normalized spacial score (nSPS) is 11.8. The van der Waals surface area contributed by atoms with Crippen LogP contribution in [-0.2, 0) is 4.79 Å². The summed E-state index contributed by atoms with van der Waals surface area (Å²) in [6.07, 6.45) is 0.823. The van der Waals surface area contributed by atoms with Crippen molar-refractivity contribution in [1.82, 2.24) is 0 Å². The average Bonchev–Trinajstić information content (AvgIpc) is 1.82. The van der Waals surface area contributed by atoms with Crippen LogP contribution in [-0.4, -0.2) is 29.2 Å². The summed E-state index contributed by atoms with van der Waals surface area (Å²) in [5.41, 5.74) is 0. The van der Waals surface area contributed by atoms with Crippen molar-refractivity contribution in [2.24, 2.45) is 0 Å². The van der Waals surface area contributed by atoms with Crippen molar-refractivity contribution >= 4 is 17.7 Å².